The number of furan rings is 1. The summed E-state index contributed by atoms with van der Waals surface area (Å²) in [6, 6.07) is 75.1. The van der Waals surface area contributed by atoms with Gasteiger partial charge >= 0.3 is 0 Å². The lowest BCUT2D eigenvalue weighted by Crippen LogP contribution is -2.00. The fourth-order valence-corrected chi connectivity index (χ4v) is 9.66. The van der Waals surface area contributed by atoms with E-state index >= 15 is 0 Å². The Labute approximate surface area is 355 Å². The van der Waals surface area contributed by atoms with E-state index in [1.165, 1.54) is 16.2 Å². The van der Waals surface area contributed by atoms with Gasteiger partial charge in [0.15, 0.2) is 11.6 Å². The van der Waals surface area contributed by atoms with Gasteiger partial charge in [0, 0.05) is 60.5 Å². The number of hydrogen-bond donors (Lipinski definition) is 0. The summed E-state index contributed by atoms with van der Waals surface area (Å²) in [5.41, 5.74) is 13.9. The molecule has 4 aromatic heterocycles. The van der Waals surface area contributed by atoms with Crippen molar-refractivity contribution in [2.45, 2.75) is 0 Å². The van der Waals surface area contributed by atoms with E-state index in [0.29, 0.717) is 0 Å². The fourth-order valence-electron chi connectivity index (χ4n) is 9.66. The van der Waals surface area contributed by atoms with Crippen LogP contribution < -0.4 is 0 Å². The fraction of sp³-hybridized carbons (Fsp3) is 0. The van der Waals surface area contributed by atoms with Crippen molar-refractivity contribution in [2.24, 2.45) is 0 Å². The van der Waals surface area contributed by atoms with Gasteiger partial charge in [-0.3, -0.25) is 4.57 Å². The Balaban J connectivity index is 0.945. The summed E-state index contributed by atoms with van der Waals surface area (Å²) >= 11 is 0. The smallest absolute Gasteiger partial charge is 0.168 e. The van der Waals surface area contributed by atoms with Crippen molar-refractivity contribution in [1.29, 1.82) is 0 Å². The molecule has 0 N–H and O–H groups in total. The molecule has 0 aliphatic heterocycles. The first kappa shape index (κ1) is 34.4. The molecule has 0 radical (unpaired) electrons. The summed E-state index contributed by atoms with van der Waals surface area (Å²) in [5, 5.41) is 16.6. The molecule has 6 heteroatoms. The second kappa shape index (κ2) is 13.5. The molecule has 0 spiro atoms. The predicted octanol–water partition coefficient (Wildman–Crippen LogP) is 14.4. The molecule has 13 aromatic rings. The molecule has 0 saturated carbocycles. The zero-order chi connectivity index (χ0) is 40.7. The van der Waals surface area contributed by atoms with Crippen molar-refractivity contribution >= 4 is 65.6 Å². The highest BCUT2D eigenvalue weighted by Crippen LogP contribution is 2.42. The third kappa shape index (κ3) is 5.17. The number of fused-ring (bicyclic) bond motifs is 10. The van der Waals surface area contributed by atoms with E-state index in [9.17, 15) is 0 Å². The minimum Gasteiger partial charge on any atom is -0.456 e. The lowest BCUT2D eigenvalue weighted by Gasteiger charge is -2.13. The zero-order valence-corrected chi connectivity index (χ0v) is 33.4. The van der Waals surface area contributed by atoms with Gasteiger partial charge in [-0.1, -0.05) is 127 Å². The molecule has 0 amide bonds. The molecule has 0 saturated heterocycles. The Kier molecular flexibility index (Phi) is 7.50. The van der Waals surface area contributed by atoms with Crippen LogP contribution in [0.1, 0.15) is 0 Å². The maximum Gasteiger partial charge on any atom is 0.168 e. The topological polar surface area (TPSA) is 53.7 Å². The van der Waals surface area contributed by atoms with Gasteiger partial charge in [0.1, 0.15) is 11.2 Å². The average Bonchev–Trinajstić information content (AvgIpc) is 4.11. The molecule has 13 rings (SSSR count). The van der Waals surface area contributed by atoms with Crippen LogP contribution in [-0.4, -0.2) is 23.9 Å². The summed E-state index contributed by atoms with van der Waals surface area (Å²) in [7, 11) is 0. The summed E-state index contributed by atoms with van der Waals surface area (Å²) in [6.45, 7) is 0. The molecular weight excluding hydrogens is 759 g/mol. The van der Waals surface area contributed by atoms with Crippen LogP contribution in [-0.2, 0) is 0 Å². The number of aromatic nitrogens is 5. The van der Waals surface area contributed by atoms with Gasteiger partial charge in [0.25, 0.3) is 0 Å². The van der Waals surface area contributed by atoms with Gasteiger partial charge in [0.2, 0.25) is 0 Å². The monoisotopic (exact) mass is 793 g/mol. The van der Waals surface area contributed by atoms with Crippen molar-refractivity contribution in [1.82, 2.24) is 23.9 Å². The molecule has 0 aliphatic carbocycles. The first-order chi connectivity index (χ1) is 30.8. The van der Waals surface area contributed by atoms with Crippen LogP contribution in [0.3, 0.4) is 0 Å². The van der Waals surface area contributed by atoms with Crippen molar-refractivity contribution < 1.29 is 4.42 Å². The molecular formula is C56H35N5O. The van der Waals surface area contributed by atoms with Crippen LogP contribution in [0.15, 0.2) is 217 Å². The number of benzene rings is 9. The molecule has 290 valence electrons. The van der Waals surface area contributed by atoms with Crippen molar-refractivity contribution in [3.8, 4) is 51.0 Å². The van der Waals surface area contributed by atoms with Crippen LogP contribution in [0.25, 0.3) is 117 Å². The van der Waals surface area contributed by atoms with Crippen LogP contribution in [0.2, 0.25) is 0 Å². The lowest BCUT2D eigenvalue weighted by molar-refractivity contribution is 0.669. The van der Waals surface area contributed by atoms with E-state index in [1.807, 2.05) is 30.3 Å². The van der Waals surface area contributed by atoms with Crippen LogP contribution in [0.5, 0.6) is 0 Å². The molecule has 62 heavy (non-hydrogen) atoms. The van der Waals surface area contributed by atoms with E-state index in [4.69, 9.17) is 14.6 Å². The molecule has 9 aromatic carbocycles. The summed E-state index contributed by atoms with van der Waals surface area (Å²) < 4.78 is 13.3. The minimum atomic E-state index is 0.793. The van der Waals surface area contributed by atoms with Crippen LogP contribution in [0.4, 0.5) is 0 Å². The normalized spacial score (nSPS) is 11.9. The highest BCUT2D eigenvalue weighted by Gasteiger charge is 2.21. The molecule has 0 bridgehead atoms. The maximum absolute atomic E-state index is 6.34. The standard InChI is InChI=1S/C56H35N5O/c1-3-15-36(16-4-1)55-57-58-56(61(55)40-19-5-2-6-20-40)39-29-30-49-46(35-39)43-23-7-10-26-47(43)59(49)41-21-13-17-37(33-41)38-18-14-22-42(34-38)60-48-27-11-8-24-44(48)53-50(60)31-32-52-54(53)45-25-9-12-28-51(45)62-52/h1-35H. The zero-order valence-electron chi connectivity index (χ0n) is 33.4. The second-order valence-corrected chi connectivity index (χ2v) is 15.9. The molecule has 0 atom stereocenters. The Morgan fingerprint density at radius 1 is 0.290 bits per heavy atom. The van der Waals surface area contributed by atoms with Crippen LogP contribution in [0, 0.1) is 0 Å². The molecule has 0 unspecified atom stereocenters. The van der Waals surface area contributed by atoms with Gasteiger partial charge in [-0.25, -0.2) is 0 Å². The molecule has 0 fully saturated rings. The minimum absolute atomic E-state index is 0.793. The molecule has 0 aliphatic rings. The highest BCUT2D eigenvalue weighted by atomic mass is 16.3. The number of nitrogens with zero attached hydrogens (tertiary/aromatic N) is 5. The van der Waals surface area contributed by atoms with E-state index in [0.717, 1.165) is 100 Å². The summed E-state index contributed by atoms with van der Waals surface area (Å²) in [6.07, 6.45) is 0. The van der Waals surface area contributed by atoms with Crippen molar-refractivity contribution in [2.75, 3.05) is 0 Å². The third-order valence-electron chi connectivity index (χ3n) is 12.4. The van der Waals surface area contributed by atoms with E-state index in [2.05, 4.69) is 196 Å². The van der Waals surface area contributed by atoms with Crippen LogP contribution >= 0.6 is 0 Å². The summed E-state index contributed by atoms with van der Waals surface area (Å²) in [4.78, 5) is 0. The Morgan fingerprint density at radius 3 is 1.56 bits per heavy atom. The van der Waals surface area contributed by atoms with E-state index < -0.39 is 0 Å². The third-order valence-corrected chi connectivity index (χ3v) is 12.4. The maximum atomic E-state index is 6.34. The first-order valence-electron chi connectivity index (χ1n) is 20.9. The van der Waals surface area contributed by atoms with Gasteiger partial charge in [-0.05, 0) is 96.1 Å². The quantitative estimate of drug-likeness (QED) is 0.168. The molecule has 6 nitrogen and oxygen atoms in total. The van der Waals surface area contributed by atoms with E-state index in [1.54, 1.807) is 0 Å². The SMILES string of the molecule is c1ccc(-c2nnc(-c3ccc4c(c3)c3ccccc3n4-c3cccc(-c4cccc(-n5c6ccccc6c6c7c(ccc65)oc5ccccc57)c4)c3)n2-c2ccccc2)cc1. The molecule has 4 heterocycles. The first-order valence-corrected chi connectivity index (χ1v) is 20.9. The van der Waals surface area contributed by atoms with Gasteiger partial charge < -0.3 is 13.6 Å². The van der Waals surface area contributed by atoms with Gasteiger partial charge in [0.05, 0.1) is 22.1 Å². The second-order valence-electron chi connectivity index (χ2n) is 15.9. The number of hydrogen-bond acceptors (Lipinski definition) is 3. The van der Waals surface area contributed by atoms with Crippen molar-refractivity contribution in [3.63, 3.8) is 0 Å². The number of para-hydroxylation sites is 4. The Hall–Kier alpha value is -8.48. The largest absolute Gasteiger partial charge is 0.456 e. The van der Waals surface area contributed by atoms with E-state index in [-0.39, 0.29) is 0 Å². The average molecular weight is 794 g/mol. The number of rotatable bonds is 6. The van der Waals surface area contributed by atoms with Gasteiger partial charge in [-0.15, -0.1) is 10.2 Å². The van der Waals surface area contributed by atoms with Gasteiger partial charge in [-0.2, -0.15) is 0 Å². The Morgan fingerprint density at radius 2 is 0.823 bits per heavy atom. The van der Waals surface area contributed by atoms with Crippen molar-refractivity contribution in [3.05, 3.63) is 212 Å². The lowest BCUT2D eigenvalue weighted by atomic mass is 10.0. The predicted molar refractivity (Wildman–Crippen MR) is 254 cm³/mol. The summed E-state index contributed by atoms with van der Waals surface area (Å²) in [5.74, 6) is 1.60. The highest BCUT2D eigenvalue weighted by molar-refractivity contribution is 6.27. The Bertz CT molecular complexity index is 3870.